The van der Waals surface area contributed by atoms with Crippen LogP contribution in [0.25, 0.3) is 10.9 Å². The van der Waals surface area contributed by atoms with Crippen LogP contribution in [0.15, 0.2) is 30.5 Å². The van der Waals surface area contributed by atoms with Crippen molar-refractivity contribution in [2.75, 3.05) is 6.61 Å². The Bertz CT molecular complexity index is 559. The number of para-hydroxylation sites is 1. The van der Waals surface area contributed by atoms with E-state index in [1.165, 1.54) is 0 Å². The third-order valence-electron chi connectivity index (χ3n) is 2.81. The number of H-pyrrole nitrogens is 1. The third-order valence-corrected chi connectivity index (χ3v) is 2.81. The van der Waals surface area contributed by atoms with Crippen molar-refractivity contribution in [1.82, 2.24) is 4.98 Å². The van der Waals surface area contributed by atoms with Gasteiger partial charge in [-0.25, -0.2) is 0 Å². The zero-order chi connectivity index (χ0) is 13.0. The standard InChI is InChI=1S/C14H15NO3/c1-2-18-10(9-16)7-14(17)12-8-15-13-6-4-3-5-11(12)13/h3-6,8-10,15H,2,7H2,1H3. The highest BCUT2D eigenvalue weighted by molar-refractivity contribution is 6.08. The number of fused-ring (bicyclic) bond motifs is 1. The molecule has 18 heavy (non-hydrogen) atoms. The molecule has 2 rings (SSSR count). The molecule has 0 aliphatic carbocycles. The number of aldehydes is 1. The zero-order valence-electron chi connectivity index (χ0n) is 10.2. The first-order valence-corrected chi connectivity index (χ1v) is 5.92. The molecule has 0 spiro atoms. The maximum Gasteiger partial charge on any atom is 0.168 e. The molecular weight excluding hydrogens is 230 g/mol. The monoisotopic (exact) mass is 245 g/mol. The van der Waals surface area contributed by atoms with Gasteiger partial charge in [-0.2, -0.15) is 0 Å². The third kappa shape index (κ3) is 2.49. The maximum atomic E-state index is 12.1. The summed E-state index contributed by atoms with van der Waals surface area (Å²) in [5.74, 6) is -0.0852. The number of benzene rings is 1. The van der Waals surface area contributed by atoms with E-state index >= 15 is 0 Å². The van der Waals surface area contributed by atoms with E-state index in [4.69, 9.17) is 4.74 Å². The number of carbonyl (C=O) groups excluding carboxylic acids is 2. The van der Waals surface area contributed by atoms with Crippen molar-refractivity contribution in [2.24, 2.45) is 0 Å². The first kappa shape index (κ1) is 12.5. The average Bonchev–Trinajstić information content (AvgIpc) is 2.82. The highest BCUT2D eigenvalue weighted by Crippen LogP contribution is 2.19. The van der Waals surface area contributed by atoms with Gasteiger partial charge < -0.3 is 14.5 Å². The molecule has 0 bridgehead atoms. The van der Waals surface area contributed by atoms with Crippen LogP contribution in [-0.2, 0) is 9.53 Å². The molecule has 4 heteroatoms. The van der Waals surface area contributed by atoms with Gasteiger partial charge >= 0.3 is 0 Å². The van der Waals surface area contributed by atoms with Gasteiger partial charge in [0.05, 0.1) is 0 Å². The Labute approximate surface area is 105 Å². The largest absolute Gasteiger partial charge is 0.371 e. The SMILES string of the molecule is CCOC(C=O)CC(=O)c1c[nH]c2ccccc12. The van der Waals surface area contributed by atoms with Gasteiger partial charge in [0, 0.05) is 35.7 Å². The van der Waals surface area contributed by atoms with E-state index in [9.17, 15) is 9.59 Å². The fourth-order valence-corrected chi connectivity index (χ4v) is 1.96. The van der Waals surface area contributed by atoms with Crippen molar-refractivity contribution in [3.05, 3.63) is 36.0 Å². The highest BCUT2D eigenvalue weighted by atomic mass is 16.5. The molecule has 0 saturated heterocycles. The number of hydrogen-bond acceptors (Lipinski definition) is 3. The quantitative estimate of drug-likeness (QED) is 0.627. The Balaban J connectivity index is 2.20. The summed E-state index contributed by atoms with van der Waals surface area (Å²) in [5, 5.41) is 0.878. The molecule has 0 aliphatic rings. The maximum absolute atomic E-state index is 12.1. The van der Waals surface area contributed by atoms with Gasteiger partial charge in [0.15, 0.2) is 5.78 Å². The topological polar surface area (TPSA) is 59.2 Å². The minimum Gasteiger partial charge on any atom is -0.371 e. The average molecular weight is 245 g/mol. The first-order valence-electron chi connectivity index (χ1n) is 5.92. The molecule has 1 aromatic carbocycles. The van der Waals surface area contributed by atoms with Crippen LogP contribution in [-0.4, -0.2) is 29.8 Å². The molecule has 1 aromatic heterocycles. The van der Waals surface area contributed by atoms with Crippen molar-refractivity contribution in [2.45, 2.75) is 19.4 Å². The molecular formula is C14H15NO3. The lowest BCUT2D eigenvalue weighted by atomic mass is 10.0. The van der Waals surface area contributed by atoms with Crippen LogP contribution < -0.4 is 0 Å². The predicted molar refractivity (Wildman–Crippen MR) is 68.7 cm³/mol. The van der Waals surface area contributed by atoms with Gasteiger partial charge in [0.25, 0.3) is 0 Å². The number of carbonyl (C=O) groups is 2. The van der Waals surface area contributed by atoms with E-state index in [2.05, 4.69) is 4.98 Å². The van der Waals surface area contributed by atoms with Crippen LogP contribution in [0.5, 0.6) is 0 Å². The number of ether oxygens (including phenoxy) is 1. The Morgan fingerprint density at radius 2 is 2.22 bits per heavy atom. The second-order valence-corrected chi connectivity index (χ2v) is 4.01. The van der Waals surface area contributed by atoms with Gasteiger partial charge in [-0.1, -0.05) is 18.2 Å². The molecule has 1 unspecified atom stereocenters. The van der Waals surface area contributed by atoms with E-state index in [0.29, 0.717) is 18.5 Å². The Kier molecular flexibility index (Phi) is 3.89. The van der Waals surface area contributed by atoms with Gasteiger partial charge in [0.1, 0.15) is 12.4 Å². The van der Waals surface area contributed by atoms with Crippen LogP contribution in [0.1, 0.15) is 23.7 Å². The molecule has 0 amide bonds. The predicted octanol–water partition coefficient (Wildman–Crippen LogP) is 2.34. The molecule has 0 saturated carbocycles. The minimum atomic E-state index is -0.656. The van der Waals surface area contributed by atoms with Gasteiger partial charge in [-0.05, 0) is 13.0 Å². The number of aromatic nitrogens is 1. The van der Waals surface area contributed by atoms with E-state index in [1.54, 1.807) is 13.1 Å². The summed E-state index contributed by atoms with van der Waals surface area (Å²) in [6.45, 7) is 2.22. The van der Waals surface area contributed by atoms with E-state index in [0.717, 1.165) is 10.9 Å². The summed E-state index contributed by atoms with van der Waals surface area (Å²) in [4.78, 5) is 25.9. The normalized spacial score (nSPS) is 12.5. The molecule has 2 aromatic rings. The molecule has 1 N–H and O–H groups in total. The Morgan fingerprint density at radius 3 is 2.94 bits per heavy atom. The van der Waals surface area contributed by atoms with E-state index in [1.807, 2.05) is 24.3 Å². The smallest absolute Gasteiger partial charge is 0.168 e. The van der Waals surface area contributed by atoms with Crippen LogP contribution >= 0.6 is 0 Å². The fraction of sp³-hybridized carbons (Fsp3) is 0.286. The minimum absolute atomic E-state index is 0.0825. The second kappa shape index (κ2) is 5.60. The summed E-state index contributed by atoms with van der Waals surface area (Å²) >= 11 is 0. The van der Waals surface area contributed by atoms with Crippen molar-refractivity contribution >= 4 is 23.0 Å². The van der Waals surface area contributed by atoms with Gasteiger partial charge in [-0.15, -0.1) is 0 Å². The van der Waals surface area contributed by atoms with Gasteiger partial charge in [0.2, 0.25) is 0 Å². The molecule has 1 heterocycles. The number of Topliss-reactive ketones (excluding diaryl/α,β-unsaturated/α-hetero) is 1. The fourth-order valence-electron chi connectivity index (χ4n) is 1.96. The number of hydrogen-bond donors (Lipinski definition) is 1. The number of ketones is 1. The lowest BCUT2D eigenvalue weighted by Crippen LogP contribution is -2.19. The lowest BCUT2D eigenvalue weighted by Gasteiger charge is -2.08. The van der Waals surface area contributed by atoms with Crippen molar-refractivity contribution in [3.63, 3.8) is 0 Å². The van der Waals surface area contributed by atoms with Crippen LogP contribution in [0, 0.1) is 0 Å². The van der Waals surface area contributed by atoms with Crippen molar-refractivity contribution in [1.29, 1.82) is 0 Å². The van der Waals surface area contributed by atoms with Gasteiger partial charge in [-0.3, -0.25) is 4.79 Å². The molecule has 1 atom stereocenters. The highest BCUT2D eigenvalue weighted by Gasteiger charge is 2.17. The van der Waals surface area contributed by atoms with Crippen LogP contribution in [0.3, 0.4) is 0 Å². The number of aromatic amines is 1. The molecule has 4 nitrogen and oxygen atoms in total. The summed E-state index contributed by atoms with van der Waals surface area (Å²) in [6, 6.07) is 7.58. The number of rotatable bonds is 6. The van der Waals surface area contributed by atoms with Crippen molar-refractivity contribution < 1.29 is 14.3 Å². The molecule has 0 radical (unpaired) electrons. The van der Waals surface area contributed by atoms with Crippen LogP contribution in [0.4, 0.5) is 0 Å². The molecule has 0 fully saturated rings. The van der Waals surface area contributed by atoms with Crippen LogP contribution in [0.2, 0.25) is 0 Å². The Hall–Kier alpha value is -1.94. The molecule has 0 aliphatic heterocycles. The van der Waals surface area contributed by atoms with E-state index < -0.39 is 6.10 Å². The number of nitrogens with one attached hydrogen (secondary N) is 1. The lowest BCUT2D eigenvalue weighted by molar-refractivity contribution is -0.117. The Morgan fingerprint density at radius 1 is 1.44 bits per heavy atom. The van der Waals surface area contributed by atoms with Crippen molar-refractivity contribution in [3.8, 4) is 0 Å². The molecule has 94 valence electrons. The zero-order valence-corrected chi connectivity index (χ0v) is 10.2. The summed E-state index contributed by atoms with van der Waals surface area (Å²) < 4.78 is 5.17. The summed E-state index contributed by atoms with van der Waals surface area (Å²) in [7, 11) is 0. The first-order chi connectivity index (χ1) is 8.76. The second-order valence-electron chi connectivity index (χ2n) is 4.01. The van der Waals surface area contributed by atoms with E-state index in [-0.39, 0.29) is 12.2 Å². The summed E-state index contributed by atoms with van der Waals surface area (Å²) in [6.07, 6.45) is 1.78. The summed E-state index contributed by atoms with van der Waals surface area (Å²) in [5.41, 5.74) is 1.53.